The van der Waals surface area contributed by atoms with Crippen molar-refractivity contribution in [2.24, 2.45) is 0 Å². The summed E-state index contributed by atoms with van der Waals surface area (Å²) in [6.07, 6.45) is 28.2. The Kier molecular flexibility index (Phi) is 20.8. The van der Waals surface area contributed by atoms with Crippen LogP contribution in [0.3, 0.4) is 0 Å². The summed E-state index contributed by atoms with van der Waals surface area (Å²) in [4.78, 5) is 29.1. The number of carbonyl (C=O) groups is 2. The summed E-state index contributed by atoms with van der Waals surface area (Å²) in [6, 6.07) is 11.0. The first-order valence-electron chi connectivity index (χ1n) is 19.4. The SMILES string of the molecule is CCCCCCCCCCCCCCCCCCCC(=O)NCC(=O)Oc1cccc2c1CCC(N(CCC)CCc1cccs1)C2. The lowest BCUT2D eigenvalue weighted by molar-refractivity contribution is -0.135. The second-order valence-corrected chi connectivity index (χ2v) is 14.8. The first-order chi connectivity index (χ1) is 23.1. The molecule has 1 amide bonds. The molecule has 0 bridgehead atoms. The van der Waals surface area contributed by atoms with Crippen LogP contribution in [0.1, 0.15) is 158 Å². The zero-order valence-electron chi connectivity index (χ0n) is 30.0. The number of benzene rings is 1. The molecule has 264 valence electrons. The highest BCUT2D eigenvalue weighted by molar-refractivity contribution is 7.09. The highest BCUT2D eigenvalue weighted by atomic mass is 32.1. The number of esters is 1. The van der Waals surface area contributed by atoms with E-state index in [-0.39, 0.29) is 18.4 Å². The monoisotopic (exact) mass is 666 g/mol. The Labute approximate surface area is 291 Å². The average molecular weight is 667 g/mol. The van der Waals surface area contributed by atoms with Crippen molar-refractivity contribution < 1.29 is 14.3 Å². The van der Waals surface area contributed by atoms with Crippen LogP contribution < -0.4 is 10.1 Å². The van der Waals surface area contributed by atoms with Crippen LogP contribution in [-0.2, 0) is 28.9 Å². The van der Waals surface area contributed by atoms with Gasteiger partial charge in [0, 0.05) is 23.9 Å². The van der Waals surface area contributed by atoms with Crippen LogP contribution in [0, 0.1) is 0 Å². The predicted octanol–water partition coefficient (Wildman–Crippen LogP) is 10.6. The van der Waals surface area contributed by atoms with Gasteiger partial charge in [0.15, 0.2) is 0 Å². The largest absolute Gasteiger partial charge is 0.425 e. The maximum absolute atomic E-state index is 12.6. The van der Waals surface area contributed by atoms with Gasteiger partial charge in [-0.3, -0.25) is 9.69 Å². The smallest absolute Gasteiger partial charge is 0.330 e. The third-order valence-corrected chi connectivity index (χ3v) is 10.8. The van der Waals surface area contributed by atoms with Crippen molar-refractivity contribution in [3.8, 4) is 5.75 Å². The topological polar surface area (TPSA) is 58.6 Å². The molecule has 47 heavy (non-hydrogen) atoms. The fraction of sp³-hybridized carbons (Fsp3) is 0.707. The molecule has 0 fully saturated rings. The van der Waals surface area contributed by atoms with Crippen molar-refractivity contribution in [3.63, 3.8) is 0 Å². The predicted molar refractivity (Wildman–Crippen MR) is 200 cm³/mol. The number of amides is 1. The Morgan fingerprint density at radius 3 is 2.02 bits per heavy atom. The standard InChI is InChI=1S/C41H66N2O3S/c1-3-5-6-7-8-9-10-11-12-13-14-15-16-17-18-19-20-26-40(44)42-34-41(45)46-39-25-21-23-35-33-36(27-28-38(35)39)43(30-4-2)31-29-37-24-22-32-47-37/h21-25,32,36H,3-20,26-31,33-34H2,1-2H3,(H,42,44). The molecule has 1 heterocycles. The van der Waals surface area contributed by atoms with Crippen molar-refractivity contribution in [2.75, 3.05) is 19.6 Å². The lowest BCUT2D eigenvalue weighted by atomic mass is 9.86. The summed E-state index contributed by atoms with van der Waals surface area (Å²) in [5.74, 6) is 0.216. The molecule has 1 N–H and O–H groups in total. The summed E-state index contributed by atoms with van der Waals surface area (Å²) in [7, 11) is 0. The van der Waals surface area contributed by atoms with E-state index >= 15 is 0 Å². The molecule has 1 aromatic heterocycles. The summed E-state index contributed by atoms with van der Waals surface area (Å²) in [5, 5.41) is 4.94. The second-order valence-electron chi connectivity index (χ2n) is 13.8. The molecular weight excluding hydrogens is 601 g/mol. The number of nitrogens with zero attached hydrogens (tertiary/aromatic N) is 1. The van der Waals surface area contributed by atoms with Crippen LogP contribution in [0.4, 0.5) is 0 Å². The third kappa shape index (κ3) is 16.7. The van der Waals surface area contributed by atoms with E-state index in [4.69, 9.17) is 4.74 Å². The van der Waals surface area contributed by atoms with Crippen LogP contribution in [0.2, 0.25) is 0 Å². The van der Waals surface area contributed by atoms with Gasteiger partial charge in [-0.25, -0.2) is 4.79 Å². The number of nitrogens with one attached hydrogen (secondary N) is 1. The molecule has 0 spiro atoms. The number of hydrogen-bond acceptors (Lipinski definition) is 5. The van der Waals surface area contributed by atoms with Gasteiger partial charge in [-0.15, -0.1) is 11.3 Å². The molecule has 0 radical (unpaired) electrons. The molecule has 1 unspecified atom stereocenters. The van der Waals surface area contributed by atoms with Crippen molar-refractivity contribution in [3.05, 3.63) is 51.7 Å². The van der Waals surface area contributed by atoms with E-state index < -0.39 is 0 Å². The first kappa shape index (κ1) is 39.3. The molecule has 1 aromatic carbocycles. The minimum atomic E-state index is -0.389. The van der Waals surface area contributed by atoms with Gasteiger partial charge in [-0.05, 0) is 73.7 Å². The van der Waals surface area contributed by atoms with Gasteiger partial charge in [-0.1, -0.05) is 135 Å². The lowest BCUT2D eigenvalue weighted by Gasteiger charge is -2.35. The summed E-state index contributed by atoms with van der Waals surface area (Å²) in [6.45, 7) is 6.66. The molecule has 2 aromatic rings. The first-order valence-corrected chi connectivity index (χ1v) is 20.3. The fourth-order valence-corrected chi connectivity index (χ4v) is 7.76. The van der Waals surface area contributed by atoms with Crippen molar-refractivity contribution in [2.45, 2.75) is 168 Å². The number of hydrogen-bond donors (Lipinski definition) is 1. The quantitative estimate of drug-likeness (QED) is 0.0586. The van der Waals surface area contributed by atoms with Gasteiger partial charge in [0.05, 0.1) is 0 Å². The number of rotatable bonds is 27. The number of thiophene rings is 1. The third-order valence-electron chi connectivity index (χ3n) is 9.83. The normalized spacial score (nSPS) is 14.3. The summed E-state index contributed by atoms with van der Waals surface area (Å²) >= 11 is 1.84. The van der Waals surface area contributed by atoms with Crippen LogP contribution >= 0.6 is 11.3 Å². The van der Waals surface area contributed by atoms with Crippen LogP contribution in [0.15, 0.2) is 35.7 Å². The average Bonchev–Trinajstić information content (AvgIpc) is 3.61. The fourth-order valence-electron chi connectivity index (χ4n) is 7.06. The highest BCUT2D eigenvalue weighted by Crippen LogP contribution is 2.32. The zero-order chi connectivity index (χ0) is 33.4. The molecule has 3 rings (SSSR count). The number of unbranched alkanes of at least 4 members (excludes halogenated alkanes) is 16. The van der Waals surface area contributed by atoms with E-state index in [0.29, 0.717) is 18.2 Å². The lowest BCUT2D eigenvalue weighted by Crippen LogP contribution is -2.41. The number of carbonyl (C=O) groups excluding carboxylic acids is 2. The van der Waals surface area contributed by atoms with E-state index in [0.717, 1.165) is 63.6 Å². The Bertz CT molecular complexity index is 1100. The van der Waals surface area contributed by atoms with E-state index in [1.54, 1.807) is 0 Å². The molecule has 1 aliphatic rings. The Balaban J connectivity index is 1.21. The maximum Gasteiger partial charge on any atom is 0.330 e. The molecule has 5 nitrogen and oxygen atoms in total. The Hall–Kier alpha value is -2.18. The van der Waals surface area contributed by atoms with Gasteiger partial charge in [0.25, 0.3) is 0 Å². The van der Waals surface area contributed by atoms with Gasteiger partial charge < -0.3 is 10.1 Å². The van der Waals surface area contributed by atoms with Gasteiger partial charge in [-0.2, -0.15) is 0 Å². The molecule has 1 atom stereocenters. The zero-order valence-corrected chi connectivity index (χ0v) is 30.8. The summed E-state index contributed by atoms with van der Waals surface area (Å²) in [5.41, 5.74) is 2.44. The van der Waals surface area contributed by atoms with E-state index in [1.165, 1.54) is 107 Å². The molecule has 0 saturated heterocycles. The minimum absolute atomic E-state index is 0.0561. The van der Waals surface area contributed by atoms with Crippen LogP contribution in [0.25, 0.3) is 0 Å². The van der Waals surface area contributed by atoms with Crippen molar-refractivity contribution >= 4 is 23.2 Å². The van der Waals surface area contributed by atoms with Crippen LogP contribution in [-0.4, -0.2) is 42.5 Å². The van der Waals surface area contributed by atoms with E-state index in [1.807, 2.05) is 23.5 Å². The maximum atomic E-state index is 12.6. The van der Waals surface area contributed by atoms with E-state index in [9.17, 15) is 9.59 Å². The van der Waals surface area contributed by atoms with E-state index in [2.05, 4.69) is 47.6 Å². The Morgan fingerprint density at radius 2 is 1.43 bits per heavy atom. The van der Waals surface area contributed by atoms with Crippen molar-refractivity contribution in [1.29, 1.82) is 0 Å². The molecule has 0 saturated carbocycles. The van der Waals surface area contributed by atoms with Gasteiger partial charge in [0.2, 0.25) is 5.91 Å². The highest BCUT2D eigenvalue weighted by Gasteiger charge is 2.26. The molecule has 1 aliphatic carbocycles. The second kappa shape index (κ2) is 24.9. The number of fused-ring (bicyclic) bond motifs is 1. The number of ether oxygens (including phenoxy) is 1. The summed E-state index contributed by atoms with van der Waals surface area (Å²) < 4.78 is 5.78. The van der Waals surface area contributed by atoms with Crippen LogP contribution in [0.5, 0.6) is 5.75 Å². The Morgan fingerprint density at radius 1 is 0.787 bits per heavy atom. The van der Waals surface area contributed by atoms with Gasteiger partial charge >= 0.3 is 5.97 Å². The minimum Gasteiger partial charge on any atom is -0.425 e. The molecule has 0 aliphatic heterocycles. The molecule has 6 heteroatoms. The van der Waals surface area contributed by atoms with Gasteiger partial charge in [0.1, 0.15) is 12.3 Å². The van der Waals surface area contributed by atoms with Crippen molar-refractivity contribution in [1.82, 2.24) is 10.2 Å². The molecular formula is C41H66N2O3S.